The molecule has 0 radical (unpaired) electrons. The molecule has 1 aliphatic heterocycles. The van der Waals surface area contributed by atoms with Crippen LogP contribution in [0.5, 0.6) is 11.6 Å². The van der Waals surface area contributed by atoms with E-state index in [1.54, 1.807) is 30.5 Å². The van der Waals surface area contributed by atoms with E-state index < -0.39 is 17.7 Å². The number of nitrogens with one attached hydrogen (secondary N) is 1. The number of anilines is 1. The van der Waals surface area contributed by atoms with Crippen molar-refractivity contribution in [2.45, 2.75) is 26.6 Å². The van der Waals surface area contributed by atoms with E-state index in [9.17, 15) is 9.59 Å². The molecule has 2 heterocycles. The van der Waals surface area contributed by atoms with Crippen LogP contribution >= 0.6 is 0 Å². The highest BCUT2D eigenvalue weighted by atomic mass is 16.7. The standard InChI is InChI=1S/C18H17N3O5/c1-11-8-19-10-15(21-11)24-13-6-4-5-12(7-13)20-9-14-16(22)25-18(2,3)26-17(14)23/h4-10,20H,1-3H3. The van der Waals surface area contributed by atoms with E-state index in [1.165, 1.54) is 26.2 Å². The van der Waals surface area contributed by atoms with Gasteiger partial charge in [-0.1, -0.05) is 6.07 Å². The molecule has 0 unspecified atom stereocenters. The summed E-state index contributed by atoms with van der Waals surface area (Å²) in [4.78, 5) is 32.0. The van der Waals surface area contributed by atoms with Crippen molar-refractivity contribution in [2.75, 3.05) is 5.32 Å². The second-order valence-electron chi connectivity index (χ2n) is 6.01. The highest BCUT2D eigenvalue weighted by Crippen LogP contribution is 2.25. The molecule has 1 aromatic carbocycles. The maximum Gasteiger partial charge on any atom is 0.350 e. The average molecular weight is 355 g/mol. The molecule has 0 aliphatic carbocycles. The van der Waals surface area contributed by atoms with Gasteiger partial charge in [0, 0.05) is 38.0 Å². The van der Waals surface area contributed by atoms with Gasteiger partial charge in [-0.05, 0) is 19.1 Å². The largest absolute Gasteiger partial charge is 0.437 e. The SMILES string of the molecule is Cc1cncc(Oc2cccc(NC=C3C(=O)OC(C)(C)OC3=O)c2)n1. The van der Waals surface area contributed by atoms with E-state index in [4.69, 9.17) is 14.2 Å². The number of aryl methyl sites for hydroxylation is 1. The Kier molecular flexibility index (Phi) is 4.57. The van der Waals surface area contributed by atoms with Crippen LogP contribution in [0.3, 0.4) is 0 Å². The molecule has 1 aromatic heterocycles. The summed E-state index contributed by atoms with van der Waals surface area (Å²) in [6.45, 7) is 4.79. The number of ether oxygens (including phenoxy) is 3. The third-order valence-electron chi connectivity index (χ3n) is 3.29. The van der Waals surface area contributed by atoms with Gasteiger partial charge in [0.15, 0.2) is 5.57 Å². The summed E-state index contributed by atoms with van der Waals surface area (Å²) in [6, 6.07) is 6.92. The number of esters is 2. The van der Waals surface area contributed by atoms with Crippen molar-refractivity contribution in [1.82, 2.24) is 9.97 Å². The minimum Gasteiger partial charge on any atom is -0.437 e. The highest BCUT2D eigenvalue weighted by Gasteiger charge is 2.38. The third-order valence-corrected chi connectivity index (χ3v) is 3.29. The van der Waals surface area contributed by atoms with Crippen molar-refractivity contribution in [1.29, 1.82) is 0 Å². The second-order valence-corrected chi connectivity index (χ2v) is 6.01. The Morgan fingerprint density at radius 3 is 2.58 bits per heavy atom. The molecule has 2 aromatic rings. The number of rotatable bonds is 4. The average Bonchev–Trinajstić information content (AvgIpc) is 2.53. The van der Waals surface area contributed by atoms with Gasteiger partial charge in [-0.2, -0.15) is 0 Å². The number of aromatic nitrogens is 2. The lowest BCUT2D eigenvalue weighted by Crippen LogP contribution is -2.42. The number of carbonyl (C=O) groups is 2. The molecule has 1 aliphatic rings. The first-order valence-corrected chi connectivity index (χ1v) is 7.82. The Morgan fingerprint density at radius 2 is 1.88 bits per heavy atom. The summed E-state index contributed by atoms with van der Waals surface area (Å²) in [5.74, 6) is -1.89. The summed E-state index contributed by atoms with van der Waals surface area (Å²) in [6.07, 6.45) is 4.37. The first-order valence-electron chi connectivity index (χ1n) is 7.82. The molecule has 1 fully saturated rings. The van der Waals surface area contributed by atoms with Crippen LogP contribution in [0.2, 0.25) is 0 Å². The minimum absolute atomic E-state index is 0.222. The number of cyclic esters (lactones) is 2. The fraction of sp³-hybridized carbons (Fsp3) is 0.222. The molecule has 1 N–H and O–H groups in total. The summed E-state index contributed by atoms with van der Waals surface area (Å²) < 4.78 is 15.7. The molecule has 26 heavy (non-hydrogen) atoms. The minimum atomic E-state index is -1.27. The summed E-state index contributed by atoms with van der Waals surface area (Å²) in [5.41, 5.74) is 1.11. The molecule has 8 nitrogen and oxygen atoms in total. The predicted octanol–water partition coefficient (Wildman–Crippen LogP) is 2.71. The maximum absolute atomic E-state index is 11.9. The number of benzene rings is 1. The first kappa shape index (κ1) is 17.4. The second kappa shape index (κ2) is 6.83. The zero-order valence-corrected chi connectivity index (χ0v) is 14.5. The lowest BCUT2D eigenvalue weighted by atomic mass is 10.2. The van der Waals surface area contributed by atoms with Gasteiger partial charge in [0.05, 0.1) is 11.9 Å². The Balaban J connectivity index is 1.73. The monoisotopic (exact) mass is 355 g/mol. The van der Waals surface area contributed by atoms with Crippen LogP contribution in [0, 0.1) is 6.92 Å². The smallest absolute Gasteiger partial charge is 0.350 e. The van der Waals surface area contributed by atoms with Gasteiger partial charge in [0.2, 0.25) is 5.88 Å². The van der Waals surface area contributed by atoms with Gasteiger partial charge in [-0.25, -0.2) is 14.6 Å². The van der Waals surface area contributed by atoms with E-state index in [0.717, 1.165) is 5.69 Å². The topological polar surface area (TPSA) is 99.6 Å². The summed E-state index contributed by atoms with van der Waals surface area (Å²) in [7, 11) is 0. The van der Waals surface area contributed by atoms with Gasteiger partial charge in [-0.3, -0.25) is 4.98 Å². The Morgan fingerprint density at radius 1 is 1.15 bits per heavy atom. The maximum atomic E-state index is 11.9. The summed E-state index contributed by atoms with van der Waals surface area (Å²) in [5, 5.41) is 2.86. The highest BCUT2D eigenvalue weighted by molar-refractivity contribution is 6.15. The number of carbonyl (C=O) groups excluding carboxylic acids is 2. The zero-order chi connectivity index (χ0) is 18.7. The molecule has 0 spiro atoms. The van der Waals surface area contributed by atoms with Crippen LogP contribution in [0.25, 0.3) is 0 Å². The van der Waals surface area contributed by atoms with Crippen molar-refractivity contribution in [3.05, 3.63) is 54.1 Å². The molecule has 0 bridgehead atoms. The van der Waals surface area contributed by atoms with Crippen molar-refractivity contribution in [2.24, 2.45) is 0 Å². The van der Waals surface area contributed by atoms with Gasteiger partial charge in [0.1, 0.15) is 5.75 Å². The molecule has 1 saturated heterocycles. The fourth-order valence-electron chi connectivity index (χ4n) is 2.19. The molecule has 0 saturated carbocycles. The van der Waals surface area contributed by atoms with Crippen LogP contribution in [-0.2, 0) is 19.1 Å². The van der Waals surface area contributed by atoms with E-state index in [-0.39, 0.29) is 5.57 Å². The quantitative estimate of drug-likeness (QED) is 0.508. The van der Waals surface area contributed by atoms with Crippen molar-refractivity contribution in [3.63, 3.8) is 0 Å². The Hall–Kier alpha value is -3.42. The van der Waals surface area contributed by atoms with Crippen LogP contribution in [-0.4, -0.2) is 27.7 Å². The lowest BCUT2D eigenvalue weighted by molar-refractivity contribution is -0.222. The van der Waals surface area contributed by atoms with E-state index in [0.29, 0.717) is 17.3 Å². The zero-order valence-electron chi connectivity index (χ0n) is 14.5. The number of hydrogen-bond donors (Lipinski definition) is 1. The fourth-order valence-corrected chi connectivity index (χ4v) is 2.19. The number of nitrogens with zero attached hydrogens (tertiary/aromatic N) is 2. The van der Waals surface area contributed by atoms with Crippen molar-refractivity contribution >= 4 is 17.6 Å². The van der Waals surface area contributed by atoms with E-state index in [2.05, 4.69) is 15.3 Å². The molecule has 0 amide bonds. The van der Waals surface area contributed by atoms with Crippen LogP contribution in [0.15, 0.2) is 48.4 Å². The Labute approximate surface area is 149 Å². The van der Waals surface area contributed by atoms with Crippen molar-refractivity contribution in [3.8, 4) is 11.6 Å². The predicted molar refractivity (Wildman–Crippen MR) is 91.3 cm³/mol. The van der Waals surface area contributed by atoms with Crippen molar-refractivity contribution < 1.29 is 23.8 Å². The van der Waals surface area contributed by atoms with E-state index in [1.807, 2.05) is 6.92 Å². The Bertz CT molecular complexity index is 870. The number of hydrogen-bond acceptors (Lipinski definition) is 8. The molecule has 134 valence electrons. The molecule has 8 heteroatoms. The van der Waals surface area contributed by atoms with Gasteiger partial charge >= 0.3 is 11.9 Å². The van der Waals surface area contributed by atoms with Crippen LogP contribution in [0.4, 0.5) is 5.69 Å². The molecular weight excluding hydrogens is 338 g/mol. The van der Waals surface area contributed by atoms with Gasteiger partial charge < -0.3 is 19.5 Å². The normalized spacial score (nSPS) is 15.7. The first-order chi connectivity index (χ1) is 12.3. The van der Waals surface area contributed by atoms with Crippen LogP contribution in [0.1, 0.15) is 19.5 Å². The van der Waals surface area contributed by atoms with Gasteiger partial charge in [0.25, 0.3) is 5.79 Å². The van der Waals surface area contributed by atoms with E-state index >= 15 is 0 Å². The third kappa shape index (κ3) is 4.15. The lowest BCUT2D eigenvalue weighted by Gasteiger charge is -2.29. The summed E-state index contributed by atoms with van der Waals surface area (Å²) >= 11 is 0. The van der Waals surface area contributed by atoms with Crippen LogP contribution < -0.4 is 10.1 Å². The van der Waals surface area contributed by atoms with Gasteiger partial charge in [-0.15, -0.1) is 0 Å². The molecular formula is C18H17N3O5. The molecule has 0 atom stereocenters. The molecule has 3 rings (SSSR count).